The lowest BCUT2D eigenvalue weighted by Gasteiger charge is -2.32. The summed E-state index contributed by atoms with van der Waals surface area (Å²) >= 11 is 6.08. The first kappa shape index (κ1) is 15.9. The van der Waals surface area contributed by atoms with Crippen molar-refractivity contribution in [1.29, 1.82) is 0 Å². The minimum atomic E-state index is -2.55. The van der Waals surface area contributed by atoms with Gasteiger partial charge in [-0.25, -0.2) is 0 Å². The fourth-order valence-corrected chi connectivity index (χ4v) is 2.78. The normalized spacial score (nSPS) is 22.4. The minimum Gasteiger partial charge on any atom is -0.475 e. The van der Waals surface area contributed by atoms with Gasteiger partial charge in [0.05, 0.1) is 15.4 Å². The van der Waals surface area contributed by atoms with Gasteiger partial charge in [0.1, 0.15) is 5.75 Å². The van der Waals surface area contributed by atoms with Crippen molar-refractivity contribution in [1.82, 2.24) is 0 Å². The molecule has 0 aliphatic carbocycles. The van der Waals surface area contributed by atoms with Gasteiger partial charge in [-0.05, 0) is 35.9 Å². The van der Waals surface area contributed by atoms with Crippen molar-refractivity contribution in [2.75, 3.05) is 0 Å². The molecule has 0 spiro atoms. The summed E-state index contributed by atoms with van der Waals surface area (Å²) in [5.41, 5.74) is 0.0140. The molecular formula is C15H9ClN2O6. The molecule has 0 aromatic heterocycles. The second-order valence-electron chi connectivity index (χ2n) is 5.10. The first-order chi connectivity index (χ1) is 11.4. The van der Waals surface area contributed by atoms with Gasteiger partial charge >= 0.3 is 5.00 Å². The van der Waals surface area contributed by atoms with E-state index in [1.54, 1.807) is 12.1 Å². The number of ether oxygens (including phenoxy) is 1. The van der Waals surface area contributed by atoms with Crippen LogP contribution in [0.2, 0.25) is 0 Å². The second kappa shape index (κ2) is 5.57. The molecule has 0 fully saturated rings. The summed E-state index contributed by atoms with van der Waals surface area (Å²) in [7, 11) is 0. The third-order valence-corrected chi connectivity index (χ3v) is 4.22. The Morgan fingerprint density at radius 2 is 1.67 bits per heavy atom. The van der Waals surface area contributed by atoms with Crippen molar-refractivity contribution in [3.63, 3.8) is 0 Å². The predicted molar refractivity (Wildman–Crippen MR) is 82.8 cm³/mol. The molecule has 1 aliphatic heterocycles. The van der Waals surface area contributed by atoms with E-state index in [0.29, 0.717) is 0 Å². The molecule has 8 nitrogen and oxygen atoms in total. The van der Waals surface area contributed by atoms with Crippen LogP contribution in [-0.2, 0) is 0 Å². The van der Waals surface area contributed by atoms with Gasteiger partial charge in [-0.15, -0.1) is 0 Å². The molecule has 24 heavy (non-hydrogen) atoms. The van der Waals surface area contributed by atoms with E-state index in [-0.39, 0.29) is 22.6 Å². The number of benzene rings is 2. The van der Waals surface area contributed by atoms with Gasteiger partial charge in [-0.2, -0.15) is 0 Å². The number of rotatable bonds is 3. The average Bonchev–Trinajstić information content (AvgIpc) is 2.58. The van der Waals surface area contributed by atoms with E-state index in [2.05, 4.69) is 0 Å². The Balaban J connectivity index is 2.13. The Morgan fingerprint density at radius 3 is 2.25 bits per heavy atom. The van der Waals surface area contributed by atoms with Crippen molar-refractivity contribution in [2.24, 2.45) is 0 Å². The zero-order chi connectivity index (χ0) is 17.5. The van der Waals surface area contributed by atoms with Gasteiger partial charge < -0.3 is 4.74 Å². The molecule has 0 N–H and O–H groups in total. The average molecular weight is 349 g/mol. The predicted octanol–water partition coefficient (Wildman–Crippen LogP) is 3.12. The van der Waals surface area contributed by atoms with Crippen LogP contribution in [0.4, 0.5) is 5.69 Å². The highest BCUT2D eigenvalue weighted by atomic mass is 35.5. The topological polar surface area (TPSA) is 113 Å². The number of nitrogens with zero attached hydrogens (tertiary/aromatic N) is 2. The lowest BCUT2D eigenvalue weighted by atomic mass is 9.91. The van der Waals surface area contributed by atoms with Gasteiger partial charge in [0.25, 0.3) is 11.5 Å². The van der Waals surface area contributed by atoms with Gasteiger partial charge in [0, 0.05) is 17.7 Å². The van der Waals surface area contributed by atoms with Crippen molar-refractivity contribution in [2.45, 2.75) is 11.1 Å². The molecule has 122 valence electrons. The van der Waals surface area contributed by atoms with E-state index < -0.39 is 26.7 Å². The largest absolute Gasteiger partial charge is 0.475 e. The number of hydrogen-bond acceptors (Lipinski definition) is 6. The highest BCUT2D eigenvalue weighted by Crippen LogP contribution is 2.45. The molecule has 0 unspecified atom stereocenters. The van der Waals surface area contributed by atoms with Crippen LogP contribution in [0.3, 0.4) is 0 Å². The van der Waals surface area contributed by atoms with Crippen LogP contribution in [0.25, 0.3) is 0 Å². The van der Waals surface area contributed by atoms with Crippen LogP contribution in [0.5, 0.6) is 5.75 Å². The van der Waals surface area contributed by atoms with E-state index in [1.807, 2.05) is 0 Å². The maximum atomic E-state index is 12.6. The third-order valence-electron chi connectivity index (χ3n) is 3.71. The summed E-state index contributed by atoms with van der Waals surface area (Å²) in [6, 6.07) is 11.0. The number of fused-ring (bicyclic) bond motifs is 1. The van der Waals surface area contributed by atoms with E-state index in [4.69, 9.17) is 16.3 Å². The van der Waals surface area contributed by atoms with Crippen LogP contribution in [-0.4, -0.2) is 20.6 Å². The molecule has 0 saturated heterocycles. The molecule has 3 rings (SSSR count). The number of carbonyl (C=O) groups is 1. The molecule has 2 atom stereocenters. The Kier molecular flexibility index (Phi) is 3.69. The molecule has 0 radical (unpaired) electrons. The molecule has 1 aliphatic rings. The summed E-state index contributed by atoms with van der Waals surface area (Å²) in [6.07, 6.45) is -1.42. The maximum Gasteiger partial charge on any atom is 0.397 e. The first-order valence-electron chi connectivity index (χ1n) is 6.74. The Morgan fingerprint density at radius 1 is 1.04 bits per heavy atom. The number of nitro benzene ring substituents is 1. The van der Waals surface area contributed by atoms with Crippen molar-refractivity contribution >= 4 is 23.1 Å². The summed E-state index contributed by atoms with van der Waals surface area (Å²) in [5, 5.41) is 22.2. The molecule has 0 saturated carbocycles. The zero-order valence-corrected chi connectivity index (χ0v) is 12.7. The number of hydrogen-bond donors (Lipinski definition) is 0. The summed E-state index contributed by atoms with van der Waals surface area (Å²) in [5.74, 6) is -0.719. The van der Waals surface area contributed by atoms with Gasteiger partial charge in [-0.1, -0.05) is 12.1 Å². The molecule has 9 heteroatoms. The zero-order valence-electron chi connectivity index (χ0n) is 11.9. The van der Waals surface area contributed by atoms with Crippen LogP contribution in [0.1, 0.15) is 22.0 Å². The quantitative estimate of drug-likeness (QED) is 0.364. The lowest BCUT2D eigenvalue weighted by molar-refractivity contribution is -0.536. The summed E-state index contributed by atoms with van der Waals surface area (Å²) in [4.78, 5) is 30.8. The molecule has 2 aromatic carbocycles. The van der Waals surface area contributed by atoms with Crippen LogP contribution in [0.15, 0.2) is 48.5 Å². The molecule has 1 heterocycles. The minimum absolute atomic E-state index is 0.0161. The number of ketones is 1. The Hall–Kier alpha value is -3.00. The SMILES string of the molecule is O=C1c2ccccc2O[C@H](c2ccc([N+](=O)[O-])cc2)[C@@]1(Cl)[N+](=O)[O-]. The van der Waals surface area contributed by atoms with Crippen molar-refractivity contribution in [3.05, 3.63) is 79.9 Å². The Labute approximate surface area is 139 Å². The first-order valence-corrected chi connectivity index (χ1v) is 7.11. The smallest absolute Gasteiger partial charge is 0.397 e. The Bertz CT molecular complexity index is 853. The second-order valence-corrected chi connectivity index (χ2v) is 5.68. The molecule has 2 aromatic rings. The van der Waals surface area contributed by atoms with Crippen LogP contribution < -0.4 is 4.74 Å². The fraction of sp³-hybridized carbons (Fsp3) is 0.133. The van der Waals surface area contributed by atoms with E-state index >= 15 is 0 Å². The van der Waals surface area contributed by atoms with Crippen LogP contribution in [0, 0.1) is 20.2 Å². The molecular weight excluding hydrogens is 340 g/mol. The highest BCUT2D eigenvalue weighted by Gasteiger charge is 2.62. The molecule has 0 amide bonds. The molecule has 0 bridgehead atoms. The number of non-ortho nitro benzene ring substituents is 1. The monoisotopic (exact) mass is 348 g/mol. The van der Waals surface area contributed by atoms with E-state index in [1.165, 1.54) is 36.4 Å². The lowest BCUT2D eigenvalue weighted by Crippen LogP contribution is -2.51. The summed E-state index contributed by atoms with van der Waals surface area (Å²) in [6.45, 7) is 0. The number of alkyl halides is 1. The standard InChI is InChI=1S/C15H9ClN2O6/c16-15(18(22)23)13(19)11-3-1-2-4-12(11)24-14(15)9-5-7-10(8-6-9)17(20)21/h1-8,14H/t14-,15+/m1/s1. The van der Waals surface area contributed by atoms with Gasteiger partial charge in [-0.3, -0.25) is 25.0 Å². The van der Waals surface area contributed by atoms with Crippen molar-refractivity contribution < 1.29 is 19.4 Å². The van der Waals surface area contributed by atoms with Crippen molar-refractivity contribution in [3.8, 4) is 5.75 Å². The fourth-order valence-electron chi connectivity index (χ4n) is 2.51. The number of nitro groups is 2. The van der Waals surface area contributed by atoms with E-state index in [9.17, 15) is 25.0 Å². The summed E-state index contributed by atoms with van der Waals surface area (Å²) < 4.78 is 5.60. The van der Waals surface area contributed by atoms with Gasteiger partial charge in [0.2, 0.25) is 6.10 Å². The number of para-hydroxylation sites is 1. The maximum absolute atomic E-state index is 12.6. The number of halogens is 1. The van der Waals surface area contributed by atoms with Gasteiger partial charge in [0.15, 0.2) is 0 Å². The number of Topliss-reactive ketones (excluding diaryl/α,β-unsaturated/α-hetero) is 1. The van der Waals surface area contributed by atoms with E-state index in [0.717, 1.165) is 0 Å². The van der Waals surface area contributed by atoms with Crippen LogP contribution >= 0.6 is 11.6 Å². The highest BCUT2D eigenvalue weighted by molar-refractivity contribution is 6.37. The number of carbonyl (C=O) groups excluding carboxylic acids is 1. The third kappa shape index (κ3) is 2.28.